The molecule has 0 fully saturated rings. The number of hydrogen-bond acceptors (Lipinski definition) is 6. The highest BCUT2D eigenvalue weighted by Crippen LogP contribution is 2.13. The molecule has 3 aromatic rings. The highest BCUT2D eigenvalue weighted by atomic mass is 16.5. The van der Waals surface area contributed by atoms with Gasteiger partial charge in [-0.3, -0.25) is 19.4 Å². The Morgan fingerprint density at radius 3 is 2.30 bits per heavy atom. The molecule has 0 aliphatic rings. The zero-order valence-electron chi connectivity index (χ0n) is 14.6. The second-order valence-corrected chi connectivity index (χ2v) is 5.79. The number of amides is 2. The van der Waals surface area contributed by atoms with Gasteiger partial charge in [-0.25, -0.2) is 0 Å². The predicted octanol–water partition coefficient (Wildman–Crippen LogP) is 3.09. The lowest BCUT2D eigenvalue weighted by Crippen LogP contribution is -2.17. The van der Waals surface area contributed by atoms with Crippen LogP contribution >= 0.6 is 0 Å². The van der Waals surface area contributed by atoms with E-state index in [4.69, 9.17) is 4.52 Å². The van der Waals surface area contributed by atoms with Gasteiger partial charge in [0.15, 0.2) is 11.6 Å². The van der Waals surface area contributed by atoms with Crippen molar-refractivity contribution < 1.29 is 18.9 Å². The van der Waals surface area contributed by atoms with Gasteiger partial charge in [0.2, 0.25) is 0 Å². The van der Waals surface area contributed by atoms with E-state index in [1.807, 2.05) is 0 Å². The molecule has 1 aromatic carbocycles. The number of rotatable bonds is 5. The summed E-state index contributed by atoms with van der Waals surface area (Å²) >= 11 is 0. The summed E-state index contributed by atoms with van der Waals surface area (Å²) in [5, 5.41) is 8.92. The molecular formula is C19H16N4O4. The summed E-state index contributed by atoms with van der Waals surface area (Å²) in [6.07, 6.45) is 1.37. The number of anilines is 2. The second-order valence-electron chi connectivity index (χ2n) is 5.79. The van der Waals surface area contributed by atoms with Gasteiger partial charge in [-0.15, -0.1) is 0 Å². The van der Waals surface area contributed by atoms with Crippen molar-refractivity contribution in [3.05, 3.63) is 71.2 Å². The van der Waals surface area contributed by atoms with E-state index in [0.717, 1.165) is 0 Å². The van der Waals surface area contributed by atoms with Crippen LogP contribution in [0.2, 0.25) is 0 Å². The van der Waals surface area contributed by atoms with Gasteiger partial charge in [0, 0.05) is 29.1 Å². The number of nitrogens with zero attached hydrogens (tertiary/aromatic N) is 2. The number of carbonyl (C=O) groups is 3. The smallest absolute Gasteiger partial charge is 0.275 e. The van der Waals surface area contributed by atoms with Crippen molar-refractivity contribution in [1.82, 2.24) is 10.1 Å². The molecule has 0 spiro atoms. The van der Waals surface area contributed by atoms with Crippen molar-refractivity contribution in [2.75, 3.05) is 10.6 Å². The minimum atomic E-state index is -0.510. The number of aryl methyl sites for hydroxylation is 1. The van der Waals surface area contributed by atoms with Gasteiger partial charge in [0.25, 0.3) is 11.8 Å². The van der Waals surface area contributed by atoms with Gasteiger partial charge < -0.3 is 15.2 Å². The first kappa shape index (κ1) is 18.0. The molecule has 0 radical (unpaired) electrons. The molecule has 3 rings (SSSR count). The van der Waals surface area contributed by atoms with Gasteiger partial charge in [-0.05, 0) is 50.2 Å². The van der Waals surface area contributed by atoms with Crippen molar-refractivity contribution in [3.63, 3.8) is 0 Å². The Labute approximate surface area is 154 Å². The Kier molecular flexibility index (Phi) is 5.07. The van der Waals surface area contributed by atoms with Crippen molar-refractivity contribution >= 4 is 29.1 Å². The average Bonchev–Trinajstić information content (AvgIpc) is 3.07. The molecule has 2 amide bonds. The van der Waals surface area contributed by atoms with Gasteiger partial charge in [-0.1, -0.05) is 5.16 Å². The molecular weight excluding hydrogens is 348 g/mol. The number of ketones is 1. The third-order valence-electron chi connectivity index (χ3n) is 3.67. The number of carbonyl (C=O) groups excluding carboxylic acids is 3. The fourth-order valence-corrected chi connectivity index (χ4v) is 2.29. The van der Waals surface area contributed by atoms with Crippen LogP contribution in [0.1, 0.15) is 43.9 Å². The van der Waals surface area contributed by atoms with Crippen LogP contribution < -0.4 is 10.6 Å². The first-order valence-electron chi connectivity index (χ1n) is 8.05. The van der Waals surface area contributed by atoms with Crippen molar-refractivity contribution in [2.24, 2.45) is 0 Å². The zero-order chi connectivity index (χ0) is 19.4. The average molecular weight is 364 g/mol. The number of aromatic nitrogens is 2. The SMILES string of the molecule is CC(=O)c1ccc(NC(=O)c2ccnc(C(=O)Nc3cc(C)on3)c2)cc1. The van der Waals surface area contributed by atoms with E-state index < -0.39 is 11.8 Å². The maximum absolute atomic E-state index is 12.4. The molecule has 0 aliphatic carbocycles. The third-order valence-corrected chi connectivity index (χ3v) is 3.67. The quantitative estimate of drug-likeness (QED) is 0.673. The van der Waals surface area contributed by atoms with E-state index >= 15 is 0 Å². The molecule has 0 unspecified atom stereocenters. The Bertz CT molecular complexity index is 1010. The standard InChI is InChI=1S/C19H16N4O4/c1-11-9-17(23-27-11)22-19(26)16-10-14(7-8-20-16)18(25)21-15-5-3-13(4-6-15)12(2)24/h3-10H,1-2H3,(H,21,25)(H,22,23,26). The number of nitrogens with one attached hydrogen (secondary N) is 2. The summed E-state index contributed by atoms with van der Waals surface area (Å²) < 4.78 is 4.88. The maximum atomic E-state index is 12.4. The lowest BCUT2D eigenvalue weighted by molar-refractivity contribution is 0.100. The van der Waals surface area contributed by atoms with Crippen molar-refractivity contribution in [1.29, 1.82) is 0 Å². The minimum absolute atomic E-state index is 0.0556. The lowest BCUT2D eigenvalue weighted by Gasteiger charge is -2.07. The Balaban J connectivity index is 1.71. The molecule has 0 saturated carbocycles. The number of pyridine rings is 1. The molecule has 27 heavy (non-hydrogen) atoms. The Morgan fingerprint density at radius 1 is 0.926 bits per heavy atom. The Hall–Kier alpha value is -3.81. The van der Waals surface area contributed by atoms with E-state index in [2.05, 4.69) is 20.8 Å². The largest absolute Gasteiger partial charge is 0.360 e. The summed E-state index contributed by atoms with van der Waals surface area (Å²) in [5.74, 6) is -0.148. The van der Waals surface area contributed by atoms with Gasteiger partial charge in [-0.2, -0.15) is 0 Å². The Morgan fingerprint density at radius 2 is 1.67 bits per heavy atom. The molecule has 136 valence electrons. The van der Waals surface area contributed by atoms with Crippen LogP contribution in [0.25, 0.3) is 0 Å². The summed E-state index contributed by atoms with van der Waals surface area (Å²) in [6.45, 7) is 3.17. The molecule has 0 saturated heterocycles. The van der Waals surface area contributed by atoms with Gasteiger partial charge in [0.05, 0.1) is 0 Å². The van der Waals surface area contributed by atoms with E-state index in [1.54, 1.807) is 37.3 Å². The first-order valence-corrected chi connectivity index (χ1v) is 8.05. The van der Waals surface area contributed by atoms with E-state index in [1.165, 1.54) is 25.3 Å². The van der Waals surface area contributed by atoms with Crippen LogP contribution in [0.15, 0.2) is 53.2 Å². The van der Waals surface area contributed by atoms with Crippen molar-refractivity contribution in [2.45, 2.75) is 13.8 Å². The molecule has 0 atom stereocenters. The van der Waals surface area contributed by atoms with Crippen LogP contribution in [-0.4, -0.2) is 27.7 Å². The number of hydrogen-bond donors (Lipinski definition) is 2. The predicted molar refractivity (Wildman–Crippen MR) is 97.8 cm³/mol. The fourth-order valence-electron chi connectivity index (χ4n) is 2.29. The molecule has 2 aromatic heterocycles. The monoisotopic (exact) mass is 364 g/mol. The summed E-state index contributed by atoms with van der Waals surface area (Å²) in [6, 6.07) is 11.0. The molecule has 0 bridgehead atoms. The van der Waals surface area contributed by atoms with E-state index in [0.29, 0.717) is 17.0 Å². The minimum Gasteiger partial charge on any atom is -0.360 e. The number of benzene rings is 1. The van der Waals surface area contributed by atoms with Crippen LogP contribution in [-0.2, 0) is 0 Å². The summed E-state index contributed by atoms with van der Waals surface area (Å²) in [4.78, 5) is 39.9. The molecule has 2 N–H and O–H groups in total. The lowest BCUT2D eigenvalue weighted by atomic mass is 10.1. The second kappa shape index (κ2) is 7.61. The normalized spacial score (nSPS) is 10.3. The van der Waals surface area contributed by atoms with Crippen LogP contribution in [0.4, 0.5) is 11.5 Å². The molecule has 8 heteroatoms. The van der Waals surface area contributed by atoms with Gasteiger partial charge in [0.1, 0.15) is 11.5 Å². The van der Waals surface area contributed by atoms with E-state index in [9.17, 15) is 14.4 Å². The zero-order valence-corrected chi connectivity index (χ0v) is 14.6. The molecule has 8 nitrogen and oxygen atoms in total. The third kappa shape index (κ3) is 4.43. The van der Waals surface area contributed by atoms with Crippen LogP contribution in [0.3, 0.4) is 0 Å². The summed E-state index contributed by atoms with van der Waals surface area (Å²) in [7, 11) is 0. The van der Waals surface area contributed by atoms with Crippen LogP contribution in [0.5, 0.6) is 0 Å². The van der Waals surface area contributed by atoms with Crippen molar-refractivity contribution in [3.8, 4) is 0 Å². The summed E-state index contributed by atoms with van der Waals surface area (Å²) in [5.41, 5.74) is 1.42. The molecule has 2 heterocycles. The highest BCUT2D eigenvalue weighted by Gasteiger charge is 2.14. The van der Waals surface area contributed by atoms with E-state index in [-0.39, 0.29) is 22.9 Å². The van der Waals surface area contributed by atoms with Crippen LogP contribution in [0, 0.1) is 6.92 Å². The molecule has 0 aliphatic heterocycles. The maximum Gasteiger partial charge on any atom is 0.275 e. The fraction of sp³-hybridized carbons (Fsp3) is 0.105. The number of Topliss-reactive ketones (excluding diaryl/α,β-unsaturated/α-hetero) is 1. The van der Waals surface area contributed by atoms with Gasteiger partial charge >= 0.3 is 0 Å². The topological polar surface area (TPSA) is 114 Å². The first-order chi connectivity index (χ1) is 12.9. The highest BCUT2D eigenvalue weighted by molar-refractivity contribution is 6.07.